The molecule has 10 nitrogen and oxygen atoms in total. The third-order valence-corrected chi connectivity index (χ3v) is 7.87. The quantitative estimate of drug-likeness (QED) is 0.214. The predicted octanol–water partition coefficient (Wildman–Crippen LogP) is 3.64. The van der Waals surface area contributed by atoms with Gasteiger partial charge in [-0.05, 0) is 57.2 Å². The van der Waals surface area contributed by atoms with Crippen LogP contribution in [-0.4, -0.2) is 85.6 Å². The van der Waals surface area contributed by atoms with E-state index in [1.807, 2.05) is 42.2 Å². The molecule has 0 radical (unpaired) electrons. The van der Waals surface area contributed by atoms with E-state index in [9.17, 15) is 14.4 Å². The molecule has 2 fully saturated rings. The second-order valence-electron chi connectivity index (χ2n) is 10.6. The van der Waals surface area contributed by atoms with Crippen molar-refractivity contribution in [2.75, 3.05) is 40.2 Å². The Morgan fingerprint density at radius 3 is 2.62 bits per heavy atom. The molecule has 1 aliphatic carbocycles. The summed E-state index contributed by atoms with van der Waals surface area (Å²) in [6.45, 7) is 5.70. The number of amides is 3. The highest BCUT2D eigenvalue weighted by Crippen LogP contribution is 2.46. The lowest BCUT2D eigenvalue weighted by Gasteiger charge is -2.32. The lowest BCUT2D eigenvalue weighted by molar-refractivity contribution is -0.149. The molecule has 40 heavy (non-hydrogen) atoms. The van der Waals surface area contributed by atoms with Gasteiger partial charge < -0.3 is 34.1 Å². The maximum Gasteiger partial charge on any atom is 0.332 e. The minimum Gasteiger partial charge on any atom is -0.497 e. The molecule has 1 N–H and O–H groups in total. The lowest BCUT2D eigenvalue weighted by atomic mass is 10.1. The highest BCUT2D eigenvalue weighted by Gasteiger charge is 2.62. The summed E-state index contributed by atoms with van der Waals surface area (Å²) in [4.78, 5) is 44.3. The number of allylic oxidation sites excluding steroid dienone is 1. The highest BCUT2D eigenvalue weighted by atomic mass is 16.7. The molecule has 3 aliphatic rings. The van der Waals surface area contributed by atoms with E-state index in [4.69, 9.17) is 18.9 Å². The molecule has 0 bridgehead atoms. The van der Waals surface area contributed by atoms with Gasteiger partial charge in [-0.3, -0.25) is 4.79 Å². The Hall–Kier alpha value is -3.11. The maximum atomic E-state index is 14.1. The summed E-state index contributed by atoms with van der Waals surface area (Å²) < 4.78 is 21.9. The first-order valence-electron chi connectivity index (χ1n) is 14.5. The minimum absolute atomic E-state index is 0.0900. The summed E-state index contributed by atoms with van der Waals surface area (Å²) in [7, 11) is 1.62. The second-order valence-corrected chi connectivity index (χ2v) is 10.6. The summed E-state index contributed by atoms with van der Waals surface area (Å²) >= 11 is 0. The zero-order chi connectivity index (χ0) is 28.5. The fourth-order valence-electron chi connectivity index (χ4n) is 5.50. The molecule has 0 aromatic heterocycles. The van der Waals surface area contributed by atoms with Crippen LogP contribution in [-0.2, 0) is 30.3 Å². The first-order chi connectivity index (χ1) is 19.4. The second kappa shape index (κ2) is 14.0. The van der Waals surface area contributed by atoms with Gasteiger partial charge in [0.1, 0.15) is 24.1 Å². The molecular formula is C30H43N3O7. The van der Waals surface area contributed by atoms with Crippen molar-refractivity contribution in [2.45, 2.75) is 76.6 Å². The summed E-state index contributed by atoms with van der Waals surface area (Å²) in [6, 6.07) is 6.66. The normalized spacial score (nSPS) is 27.2. The van der Waals surface area contributed by atoms with Crippen LogP contribution in [0.15, 0.2) is 36.4 Å². The average molecular weight is 558 g/mol. The summed E-state index contributed by atoms with van der Waals surface area (Å²) in [5, 5.41) is 3.00. The number of urea groups is 1. The van der Waals surface area contributed by atoms with Crippen molar-refractivity contribution < 1.29 is 33.3 Å². The van der Waals surface area contributed by atoms with Crippen LogP contribution in [0.2, 0.25) is 0 Å². The van der Waals surface area contributed by atoms with E-state index in [0.29, 0.717) is 32.5 Å². The molecule has 2 aliphatic heterocycles. The summed E-state index contributed by atoms with van der Waals surface area (Å²) in [6.07, 6.45) is 8.24. The van der Waals surface area contributed by atoms with Crippen LogP contribution < -0.4 is 10.1 Å². The number of nitrogens with zero attached hydrogens (tertiary/aromatic N) is 2. The van der Waals surface area contributed by atoms with Gasteiger partial charge in [-0.25, -0.2) is 9.59 Å². The molecular weight excluding hydrogens is 514 g/mol. The molecule has 0 spiro atoms. The van der Waals surface area contributed by atoms with Gasteiger partial charge >= 0.3 is 12.0 Å². The number of esters is 1. The van der Waals surface area contributed by atoms with Gasteiger partial charge in [-0.2, -0.15) is 0 Å². The molecule has 4 rings (SSSR count). The maximum absolute atomic E-state index is 14.1. The number of carbonyl (C=O) groups excluding carboxylic acids is 3. The Labute approximate surface area is 236 Å². The standard InChI is InChI=1S/C30H43N3O7/c1-4-38-21-40-25-17-26-27(34)31-30(28(35)39-5-2)18-23(30)11-9-7-6-8-10-16-32(29(36)33(26)20-25)19-22-12-14-24(37-3)15-13-22/h9,11-15,23,25-26H,4-8,10,16-21H2,1-3H3,(H,31,34)/t23-,25-,26+,30-/m1/s1. The molecule has 1 aromatic rings. The smallest absolute Gasteiger partial charge is 0.332 e. The largest absolute Gasteiger partial charge is 0.497 e. The van der Waals surface area contributed by atoms with Crippen LogP contribution in [0.4, 0.5) is 4.79 Å². The summed E-state index contributed by atoms with van der Waals surface area (Å²) in [5.74, 6) is -0.162. The van der Waals surface area contributed by atoms with E-state index in [2.05, 4.69) is 11.4 Å². The molecule has 3 amide bonds. The molecule has 2 heterocycles. The van der Waals surface area contributed by atoms with Gasteiger partial charge in [0.2, 0.25) is 5.91 Å². The SMILES string of the molecule is CCOCO[C@@H]1C[C@H]2C(=O)N[C@]3(C(=O)OCC)C[C@H]3C=CCCCCCN(Cc3ccc(OC)cc3)C(=O)N2C1. The van der Waals surface area contributed by atoms with Crippen molar-refractivity contribution in [3.8, 4) is 5.75 Å². The monoisotopic (exact) mass is 557 g/mol. The van der Waals surface area contributed by atoms with Crippen LogP contribution in [0.1, 0.15) is 57.9 Å². The molecule has 0 unspecified atom stereocenters. The van der Waals surface area contributed by atoms with Crippen LogP contribution in [0, 0.1) is 5.92 Å². The van der Waals surface area contributed by atoms with E-state index < -0.39 is 17.6 Å². The Kier molecular flexibility index (Phi) is 10.4. The molecule has 1 aromatic carbocycles. The molecule has 1 saturated heterocycles. The third kappa shape index (κ3) is 7.14. The average Bonchev–Trinajstić information content (AvgIpc) is 3.48. The predicted molar refractivity (Wildman–Crippen MR) is 148 cm³/mol. The molecule has 10 heteroatoms. The van der Waals surface area contributed by atoms with Gasteiger partial charge in [-0.15, -0.1) is 0 Å². The van der Waals surface area contributed by atoms with Crippen molar-refractivity contribution in [1.82, 2.24) is 15.1 Å². The van der Waals surface area contributed by atoms with Gasteiger partial charge in [0.05, 0.1) is 19.8 Å². The Morgan fingerprint density at radius 1 is 1.10 bits per heavy atom. The van der Waals surface area contributed by atoms with Gasteiger partial charge in [0.25, 0.3) is 0 Å². The molecule has 1 saturated carbocycles. The first kappa shape index (κ1) is 29.9. The van der Waals surface area contributed by atoms with Crippen LogP contribution in [0.25, 0.3) is 0 Å². The number of benzene rings is 1. The Morgan fingerprint density at radius 2 is 1.90 bits per heavy atom. The number of methoxy groups -OCH3 is 1. The first-order valence-corrected chi connectivity index (χ1v) is 14.5. The number of fused-ring (bicyclic) bond motifs is 2. The van der Waals surface area contributed by atoms with E-state index in [0.717, 1.165) is 37.0 Å². The number of nitrogens with one attached hydrogen (secondary N) is 1. The number of carbonyl (C=O) groups is 3. The number of ether oxygens (including phenoxy) is 4. The van der Waals surface area contributed by atoms with Crippen molar-refractivity contribution in [3.63, 3.8) is 0 Å². The van der Waals surface area contributed by atoms with Gasteiger partial charge in [-0.1, -0.05) is 30.7 Å². The lowest BCUT2D eigenvalue weighted by Crippen LogP contribution is -2.55. The fourth-order valence-corrected chi connectivity index (χ4v) is 5.50. The van der Waals surface area contributed by atoms with E-state index in [-0.39, 0.29) is 43.9 Å². The van der Waals surface area contributed by atoms with Crippen molar-refractivity contribution in [2.24, 2.45) is 5.92 Å². The number of rotatable bonds is 9. The van der Waals surface area contributed by atoms with E-state index >= 15 is 0 Å². The third-order valence-electron chi connectivity index (χ3n) is 7.87. The van der Waals surface area contributed by atoms with Crippen molar-refractivity contribution >= 4 is 17.9 Å². The zero-order valence-corrected chi connectivity index (χ0v) is 23.9. The summed E-state index contributed by atoms with van der Waals surface area (Å²) in [5.41, 5.74) is -0.118. The van der Waals surface area contributed by atoms with Crippen LogP contribution in [0.5, 0.6) is 5.75 Å². The molecule has 4 atom stereocenters. The number of hydrogen-bond acceptors (Lipinski definition) is 7. The van der Waals surface area contributed by atoms with Gasteiger partial charge in [0, 0.05) is 38.6 Å². The zero-order valence-electron chi connectivity index (χ0n) is 23.9. The van der Waals surface area contributed by atoms with Crippen LogP contribution >= 0.6 is 0 Å². The van der Waals surface area contributed by atoms with Crippen LogP contribution in [0.3, 0.4) is 0 Å². The minimum atomic E-state index is -1.09. The topological polar surface area (TPSA) is 107 Å². The fraction of sp³-hybridized carbons (Fsp3) is 0.633. The van der Waals surface area contributed by atoms with Gasteiger partial charge in [0.15, 0.2) is 0 Å². The number of hydrogen-bond donors (Lipinski definition) is 1. The highest BCUT2D eigenvalue weighted by molar-refractivity contribution is 5.95. The molecule has 220 valence electrons. The van der Waals surface area contributed by atoms with E-state index in [1.54, 1.807) is 18.9 Å². The van der Waals surface area contributed by atoms with E-state index in [1.165, 1.54) is 0 Å². The Bertz CT molecular complexity index is 1050. The van der Waals surface area contributed by atoms with Crippen molar-refractivity contribution in [1.29, 1.82) is 0 Å². The Balaban J connectivity index is 1.60. The van der Waals surface area contributed by atoms with Crippen molar-refractivity contribution in [3.05, 3.63) is 42.0 Å².